The quantitative estimate of drug-likeness (QED) is 0.716. The zero-order chi connectivity index (χ0) is 17.4. The largest absolute Gasteiger partial charge is 0.389 e. The summed E-state index contributed by atoms with van der Waals surface area (Å²) < 4.78 is 11.7. The molecule has 0 aromatic heterocycles. The van der Waals surface area contributed by atoms with E-state index in [0.29, 0.717) is 18.6 Å². The minimum atomic E-state index is -0.381. The SMILES string of the molecule is C[C@@H]1CN(C[C@@H](O)COCCC23CC4CC(CC(C4)C2)C3)C[C@@H](C)O1. The van der Waals surface area contributed by atoms with Crippen LogP contribution in [0.25, 0.3) is 0 Å². The molecule has 5 rings (SSSR count). The molecule has 5 fully saturated rings. The van der Waals surface area contributed by atoms with Crippen molar-refractivity contribution in [1.82, 2.24) is 4.90 Å². The molecule has 1 N–H and O–H groups in total. The number of rotatable bonds is 7. The highest BCUT2D eigenvalue weighted by atomic mass is 16.5. The first kappa shape index (κ1) is 18.2. The number of hydrogen-bond acceptors (Lipinski definition) is 4. The van der Waals surface area contributed by atoms with Crippen molar-refractivity contribution in [2.75, 3.05) is 32.8 Å². The molecule has 1 heterocycles. The van der Waals surface area contributed by atoms with Gasteiger partial charge in [0.25, 0.3) is 0 Å². The van der Waals surface area contributed by atoms with Gasteiger partial charge in [0, 0.05) is 26.2 Å². The average molecular weight is 352 g/mol. The summed E-state index contributed by atoms with van der Waals surface area (Å²) in [6.45, 7) is 8.05. The van der Waals surface area contributed by atoms with Crippen LogP contribution >= 0.6 is 0 Å². The van der Waals surface area contributed by atoms with Crippen LogP contribution in [0.3, 0.4) is 0 Å². The highest BCUT2D eigenvalue weighted by molar-refractivity contribution is 5.01. The van der Waals surface area contributed by atoms with Crippen LogP contribution in [-0.2, 0) is 9.47 Å². The van der Waals surface area contributed by atoms with Crippen LogP contribution in [0.2, 0.25) is 0 Å². The summed E-state index contributed by atoms with van der Waals surface area (Å²) >= 11 is 0. The van der Waals surface area contributed by atoms with Crippen LogP contribution in [0.4, 0.5) is 0 Å². The van der Waals surface area contributed by atoms with E-state index in [1.807, 2.05) is 0 Å². The van der Waals surface area contributed by atoms with Crippen molar-refractivity contribution in [2.24, 2.45) is 23.2 Å². The lowest BCUT2D eigenvalue weighted by atomic mass is 9.49. The van der Waals surface area contributed by atoms with Crippen LogP contribution in [0.1, 0.15) is 58.8 Å². The number of β-amino-alcohol motifs (C(OH)–C–C–N with tert-alkyl or cyclic N) is 1. The summed E-state index contributed by atoms with van der Waals surface area (Å²) in [5, 5.41) is 10.3. The third kappa shape index (κ3) is 4.40. The van der Waals surface area contributed by atoms with Gasteiger partial charge in [0.05, 0.1) is 24.9 Å². The first-order valence-corrected chi connectivity index (χ1v) is 10.6. The monoisotopic (exact) mass is 351 g/mol. The predicted octanol–water partition coefficient (Wildman–Crippen LogP) is 3.08. The predicted molar refractivity (Wildman–Crippen MR) is 98.5 cm³/mol. The smallest absolute Gasteiger partial charge is 0.0900 e. The fraction of sp³-hybridized carbons (Fsp3) is 1.00. The molecule has 0 aromatic rings. The molecule has 0 spiro atoms. The van der Waals surface area contributed by atoms with E-state index in [0.717, 1.165) is 37.5 Å². The second-order valence-electron chi connectivity index (χ2n) is 9.87. The topological polar surface area (TPSA) is 41.9 Å². The highest BCUT2D eigenvalue weighted by Gasteiger charge is 2.50. The second kappa shape index (κ2) is 7.46. The second-order valence-corrected chi connectivity index (χ2v) is 9.87. The van der Waals surface area contributed by atoms with Gasteiger partial charge < -0.3 is 14.6 Å². The first-order valence-electron chi connectivity index (χ1n) is 10.6. The lowest BCUT2D eigenvalue weighted by molar-refractivity contribution is -0.0882. The zero-order valence-corrected chi connectivity index (χ0v) is 16.2. The number of aliphatic hydroxyl groups is 1. The van der Waals surface area contributed by atoms with E-state index in [-0.39, 0.29) is 18.3 Å². The van der Waals surface area contributed by atoms with Gasteiger partial charge in [-0.15, -0.1) is 0 Å². The third-order valence-electron chi connectivity index (χ3n) is 7.22. The Balaban J connectivity index is 1.16. The molecule has 1 aliphatic heterocycles. The summed E-state index contributed by atoms with van der Waals surface area (Å²) in [5.41, 5.74) is 0.592. The summed E-state index contributed by atoms with van der Waals surface area (Å²) in [7, 11) is 0. The van der Waals surface area contributed by atoms with Crippen LogP contribution in [0, 0.1) is 23.2 Å². The molecule has 3 atom stereocenters. The van der Waals surface area contributed by atoms with Gasteiger partial charge in [0.1, 0.15) is 0 Å². The normalized spacial score (nSPS) is 45.0. The van der Waals surface area contributed by atoms with E-state index in [9.17, 15) is 5.11 Å². The molecule has 4 heteroatoms. The van der Waals surface area contributed by atoms with E-state index in [4.69, 9.17) is 9.47 Å². The fourth-order valence-corrected chi connectivity index (χ4v) is 6.89. The highest BCUT2D eigenvalue weighted by Crippen LogP contribution is 2.61. The maximum absolute atomic E-state index is 10.3. The maximum Gasteiger partial charge on any atom is 0.0900 e. The van der Waals surface area contributed by atoms with Crippen molar-refractivity contribution in [2.45, 2.75) is 77.1 Å². The van der Waals surface area contributed by atoms with Crippen molar-refractivity contribution in [3.8, 4) is 0 Å². The van der Waals surface area contributed by atoms with Crippen LogP contribution < -0.4 is 0 Å². The summed E-state index contributed by atoms with van der Waals surface area (Å²) in [4.78, 5) is 2.31. The lowest BCUT2D eigenvalue weighted by Crippen LogP contribution is -2.48. The number of nitrogens with zero attached hydrogens (tertiary/aromatic N) is 1. The Morgan fingerprint density at radius 2 is 1.60 bits per heavy atom. The van der Waals surface area contributed by atoms with Gasteiger partial charge in [-0.2, -0.15) is 0 Å². The molecule has 0 radical (unpaired) electrons. The molecular weight excluding hydrogens is 314 g/mol. The molecule has 0 unspecified atom stereocenters. The summed E-state index contributed by atoms with van der Waals surface area (Å²) in [6, 6.07) is 0. The number of ether oxygens (including phenoxy) is 2. The molecular formula is C21H37NO3. The average Bonchev–Trinajstić information content (AvgIpc) is 2.49. The Morgan fingerprint density at radius 3 is 2.16 bits per heavy atom. The van der Waals surface area contributed by atoms with E-state index in [1.54, 1.807) is 0 Å². The maximum atomic E-state index is 10.3. The molecule has 4 aliphatic carbocycles. The van der Waals surface area contributed by atoms with Gasteiger partial charge in [0.2, 0.25) is 0 Å². The summed E-state index contributed by atoms with van der Waals surface area (Å²) in [5.74, 6) is 3.05. The van der Waals surface area contributed by atoms with E-state index in [1.165, 1.54) is 44.9 Å². The van der Waals surface area contributed by atoms with E-state index >= 15 is 0 Å². The first-order chi connectivity index (χ1) is 12.0. The Hall–Kier alpha value is -0.160. The summed E-state index contributed by atoms with van der Waals surface area (Å²) in [6.07, 6.45) is 10.2. The van der Waals surface area contributed by atoms with Crippen molar-refractivity contribution in [3.63, 3.8) is 0 Å². The molecule has 0 amide bonds. The van der Waals surface area contributed by atoms with Crippen LogP contribution in [0.15, 0.2) is 0 Å². The molecule has 4 nitrogen and oxygen atoms in total. The van der Waals surface area contributed by atoms with E-state index < -0.39 is 0 Å². The van der Waals surface area contributed by atoms with Crippen molar-refractivity contribution in [3.05, 3.63) is 0 Å². The fourth-order valence-electron chi connectivity index (χ4n) is 6.89. The van der Waals surface area contributed by atoms with Gasteiger partial charge in [-0.25, -0.2) is 0 Å². The molecule has 4 bridgehead atoms. The molecule has 1 saturated heterocycles. The lowest BCUT2D eigenvalue weighted by Gasteiger charge is -2.57. The standard InChI is InChI=1S/C21H37NO3/c1-15-11-22(12-16(2)25-15)13-20(23)14-24-4-3-21-8-17-5-18(9-21)7-19(6-17)10-21/h15-20,23H,3-14H2,1-2H3/t15-,16-,17?,18?,19?,20-,21?/m1/s1. The van der Waals surface area contributed by atoms with Gasteiger partial charge in [-0.3, -0.25) is 4.90 Å². The third-order valence-corrected chi connectivity index (χ3v) is 7.22. The Bertz CT molecular complexity index is 409. The minimum Gasteiger partial charge on any atom is -0.389 e. The zero-order valence-electron chi connectivity index (χ0n) is 16.2. The Morgan fingerprint density at radius 1 is 1.04 bits per heavy atom. The number of morpholine rings is 1. The molecule has 0 aromatic carbocycles. The molecule has 25 heavy (non-hydrogen) atoms. The van der Waals surface area contributed by atoms with Gasteiger partial charge in [0.15, 0.2) is 0 Å². The van der Waals surface area contributed by atoms with Crippen molar-refractivity contribution in [1.29, 1.82) is 0 Å². The van der Waals surface area contributed by atoms with Crippen LogP contribution in [-0.4, -0.2) is 61.2 Å². The van der Waals surface area contributed by atoms with Crippen LogP contribution in [0.5, 0.6) is 0 Å². The van der Waals surface area contributed by atoms with Gasteiger partial charge >= 0.3 is 0 Å². The molecule has 5 aliphatic rings. The molecule has 144 valence electrons. The number of hydrogen-bond donors (Lipinski definition) is 1. The molecule has 4 saturated carbocycles. The number of aliphatic hydroxyl groups excluding tert-OH is 1. The van der Waals surface area contributed by atoms with Gasteiger partial charge in [-0.1, -0.05) is 0 Å². The van der Waals surface area contributed by atoms with Crippen molar-refractivity contribution >= 4 is 0 Å². The van der Waals surface area contributed by atoms with Gasteiger partial charge in [-0.05, 0) is 82.0 Å². The Labute approximate surface area is 153 Å². The van der Waals surface area contributed by atoms with E-state index in [2.05, 4.69) is 18.7 Å². The Kier molecular flexibility index (Phi) is 5.43. The minimum absolute atomic E-state index is 0.257. The van der Waals surface area contributed by atoms with Crippen molar-refractivity contribution < 1.29 is 14.6 Å².